The van der Waals surface area contributed by atoms with E-state index in [2.05, 4.69) is 15.0 Å². The number of anilines is 1. The van der Waals surface area contributed by atoms with Gasteiger partial charge in [0.25, 0.3) is 5.56 Å². The van der Waals surface area contributed by atoms with Gasteiger partial charge in [-0.2, -0.15) is 0 Å². The van der Waals surface area contributed by atoms with Crippen molar-refractivity contribution in [3.8, 4) is 11.4 Å². The van der Waals surface area contributed by atoms with Gasteiger partial charge < -0.3 is 15.8 Å². The van der Waals surface area contributed by atoms with Crippen molar-refractivity contribution in [3.05, 3.63) is 47.0 Å². The Balaban J connectivity index is 1.78. The lowest BCUT2D eigenvalue weighted by Gasteiger charge is -2.14. The van der Waals surface area contributed by atoms with E-state index in [0.717, 1.165) is 29.9 Å². The highest BCUT2D eigenvalue weighted by Gasteiger charge is 2.32. The van der Waals surface area contributed by atoms with Crippen molar-refractivity contribution in [2.24, 2.45) is 5.73 Å². The Morgan fingerprint density at radius 1 is 1.28 bits per heavy atom. The number of nitrogens with one attached hydrogen (secondary N) is 1. The van der Waals surface area contributed by atoms with Crippen LogP contribution < -0.4 is 21.3 Å². The second kappa shape index (κ2) is 6.75. The first kappa shape index (κ1) is 17.3. The maximum absolute atomic E-state index is 12.3. The van der Waals surface area contributed by atoms with Crippen LogP contribution in [0.3, 0.4) is 0 Å². The number of halogens is 3. The van der Waals surface area contributed by atoms with Crippen molar-refractivity contribution in [1.29, 1.82) is 0 Å². The lowest BCUT2D eigenvalue weighted by Crippen LogP contribution is -2.26. The first-order chi connectivity index (χ1) is 11.8. The zero-order chi connectivity index (χ0) is 18.0. The summed E-state index contributed by atoms with van der Waals surface area (Å²) >= 11 is 0. The number of hydrogen-bond acceptors (Lipinski definition) is 5. The van der Waals surface area contributed by atoms with E-state index < -0.39 is 17.7 Å². The molecule has 0 aliphatic heterocycles. The van der Waals surface area contributed by atoms with E-state index in [1.807, 2.05) is 0 Å². The van der Waals surface area contributed by atoms with Crippen LogP contribution in [0.15, 0.2) is 41.5 Å². The molecule has 2 aromatic heterocycles. The number of nitrogens with zero attached hydrogens (tertiary/aromatic N) is 2. The molecular weight excluding hydrogens is 337 g/mol. The molecule has 1 aliphatic rings. The van der Waals surface area contributed by atoms with Crippen molar-refractivity contribution in [1.82, 2.24) is 9.55 Å². The Morgan fingerprint density at radius 2 is 2.08 bits per heavy atom. The molecule has 3 rings (SSSR count). The number of ether oxygens (including phenoxy) is 1. The minimum absolute atomic E-state index is 0.187. The number of aromatic nitrogens is 2. The minimum atomic E-state index is -4.92. The molecule has 1 saturated carbocycles. The summed E-state index contributed by atoms with van der Waals surface area (Å²) < 4.78 is 41.8. The molecule has 134 valence electrons. The Labute approximate surface area is 141 Å². The van der Waals surface area contributed by atoms with E-state index in [1.54, 1.807) is 12.1 Å². The first-order valence-electron chi connectivity index (χ1n) is 7.78. The third-order valence-electron chi connectivity index (χ3n) is 3.99. The van der Waals surface area contributed by atoms with Crippen molar-refractivity contribution in [2.75, 3.05) is 5.32 Å². The molecule has 0 unspecified atom stereocenters. The van der Waals surface area contributed by atoms with Crippen molar-refractivity contribution in [3.63, 3.8) is 0 Å². The molecular formula is C16H17F3N4O2. The van der Waals surface area contributed by atoms with Crippen LogP contribution in [0.2, 0.25) is 0 Å². The fraction of sp³-hybridized carbons (Fsp3) is 0.375. The highest BCUT2D eigenvalue weighted by Crippen LogP contribution is 2.22. The van der Waals surface area contributed by atoms with Gasteiger partial charge in [0.05, 0.1) is 11.9 Å². The predicted octanol–water partition coefficient (Wildman–Crippen LogP) is 2.42. The number of rotatable bonds is 4. The van der Waals surface area contributed by atoms with Gasteiger partial charge in [0.2, 0.25) is 0 Å². The van der Waals surface area contributed by atoms with E-state index in [-0.39, 0.29) is 12.1 Å². The average molecular weight is 354 g/mol. The highest BCUT2D eigenvalue weighted by atomic mass is 19.4. The zero-order valence-corrected chi connectivity index (χ0v) is 13.2. The Morgan fingerprint density at radius 3 is 2.68 bits per heavy atom. The van der Waals surface area contributed by atoms with Gasteiger partial charge in [0.1, 0.15) is 5.82 Å². The molecule has 0 saturated heterocycles. The summed E-state index contributed by atoms with van der Waals surface area (Å²) in [5.74, 6) is -0.171. The van der Waals surface area contributed by atoms with Gasteiger partial charge >= 0.3 is 6.36 Å². The molecule has 0 amide bonds. The molecule has 2 aromatic rings. The van der Waals surface area contributed by atoms with Gasteiger partial charge in [-0.15, -0.1) is 13.2 Å². The maximum Gasteiger partial charge on any atom is 0.573 e. The molecule has 1 aliphatic carbocycles. The van der Waals surface area contributed by atoms with Gasteiger partial charge in [-0.3, -0.25) is 9.36 Å². The number of alkyl halides is 3. The summed E-state index contributed by atoms with van der Waals surface area (Å²) in [6.07, 6.45) is 0.617. The molecule has 0 bridgehead atoms. The normalized spacial score (nSPS) is 20.5. The lowest BCUT2D eigenvalue weighted by atomic mass is 10.2. The van der Waals surface area contributed by atoms with Crippen LogP contribution in [0.1, 0.15) is 19.3 Å². The summed E-state index contributed by atoms with van der Waals surface area (Å²) in [6.45, 7) is 0. The molecule has 2 heterocycles. The van der Waals surface area contributed by atoms with Gasteiger partial charge in [-0.25, -0.2) is 4.98 Å². The molecule has 9 heteroatoms. The highest BCUT2D eigenvalue weighted by molar-refractivity contribution is 5.42. The van der Waals surface area contributed by atoms with Crippen molar-refractivity contribution >= 4 is 5.82 Å². The Bertz CT molecular complexity index is 789. The predicted molar refractivity (Wildman–Crippen MR) is 85.8 cm³/mol. The van der Waals surface area contributed by atoms with Crippen LogP contribution in [0.4, 0.5) is 19.0 Å². The lowest BCUT2D eigenvalue weighted by molar-refractivity contribution is -0.275. The van der Waals surface area contributed by atoms with Gasteiger partial charge in [-0.1, -0.05) is 0 Å². The molecule has 3 N–H and O–H groups in total. The minimum Gasteiger partial charge on any atom is -0.400 e. The quantitative estimate of drug-likeness (QED) is 0.881. The van der Waals surface area contributed by atoms with E-state index in [9.17, 15) is 18.0 Å². The molecule has 2 atom stereocenters. The third kappa shape index (κ3) is 4.30. The van der Waals surface area contributed by atoms with E-state index in [1.165, 1.54) is 18.5 Å². The fourth-order valence-corrected chi connectivity index (χ4v) is 2.85. The SMILES string of the molecule is N[C@H]1CC[C@H](Nc2ccc(-n3cccc(OC(F)(F)F)c3=O)cn2)C1. The Kier molecular flexibility index (Phi) is 4.67. The summed E-state index contributed by atoms with van der Waals surface area (Å²) in [5.41, 5.74) is 5.29. The summed E-state index contributed by atoms with van der Waals surface area (Å²) in [5, 5.41) is 3.26. The van der Waals surface area contributed by atoms with Crippen LogP contribution >= 0.6 is 0 Å². The van der Waals surface area contributed by atoms with E-state index in [4.69, 9.17) is 5.73 Å². The summed E-state index contributed by atoms with van der Waals surface area (Å²) in [7, 11) is 0. The van der Waals surface area contributed by atoms with Gasteiger partial charge in [-0.05, 0) is 43.5 Å². The van der Waals surface area contributed by atoms with Crippen LogP contribution in [-0.4, -0.2) is 28.0 Å². The molecule has 25 heavy (non-hydrogen) atoms. The maximum atomic E-state index is 12.3. The van der Waals surface area contributed by atoms with Gasteiger partial charge in [0, 0.05) is 18.3 Å². The summed E-state index contributed by atoms with van der Waals surface area (Å²) in [4.78, 5) is 16.3. The average Bonchev–Trinajstić information content (AvgIpc) is 2.94. The smallest absolute Gasteiger partial charge is 0.400 e. The van der Waals surface area contributed by atoms with Gasteiger partial charge in [0.15, 0.2) is 5.75 Å². The number of pyridine rings is 2. The number of nitrogens with two attached hydrogens (primary N) is 1. The largest absolute Gasteiger partial charge is 0.573 e. The van der Waals surface area contributed by atoms with Crippen LogP contribution in [-0.2, 0) is 0 Å². The second-order valence-electron chi connectivity index (χ2n) is 5.91. The van der Waals surface area contributed by atoms with Crippen molar-refractivity contribution < 1.29 is 17.9 Å². The first-order valence-corrected chi connectivity index (χ1v) is 7.78. The monoisotopic (exact) mass is 354 g/mol. The van der Waals surface area contributed by atoms with E-state index >= 15 is 0 Å². The Hall–Kier alpha value is -2.55. The molecule has 0 aromatic carbocycles. The molecule has 0 radical (unpaired) electrons. The van der Waals surface area contributed by atoms with E-state index in [0.29, 0.717) is 11.5 Å². The summed E-state index contributed by atoms with van der Waals surface area (Å²) in [6, 6.07) is 5.98. The van der Waals surface area contributed by atoms with Crippen LogP contribution in [0.5, 0.6) is 5.75 Å². The van der Waals surface area contributed by atoms with Crippen LogP contribution in [0, 0.1) is 0 Å². The molecule has 1 fully saturated rings. The van der Waals surface area contributed by atoms with Crippen molar-refractivity contribution in [2.45, 2.75) is 37.7 Å². The third-order valence-corrected chi connectivity index (χ3v) is 3.99. The molecule has 0 spiro atoms. The second-order valence-corrected chi connectivity index (χ2v) is 5.91. The molecule has 6 nitrogen and oxygen atoms in total. The fourth-order valence-electron chi connectivity index (χ4n) is 2.85. The number of hydrogen-bond donors (Lipinski definition) is 2. The zero-order valence-electron chi connectivity index (χ0n) is 13.2. The van der Waals surface area contributed by atoms with Crippen LogP contribution in [0.25, 0.3) is 5.69 Å². The topological polar surface area (TPSA) is 82.2 Å². The standard InChI is InChI=1S/C16H17F3N4O2/c17-16(18,19)25-13-2-1-7-23(15(13)24)12-5-6-14(21-9-12)22-11-4-3-10(20)8-11/h1-2,5-7,9-11H,3-4,8,20H2,(H,21,22)/t10-,11-/m0/s1.